The summed E-state index contributed by atoms with van der Waals surface area (Å²) >= 11 is 0. The molecule has 1 saturated heterocycles. The Balaban J connectivity index is 1.88. The molecule has 1 fully saturated rings. The van der Waals surface area contributed by atoms with E-state index in [1.807, 2.05) is 13.8 Å². The molecular weight excluding hydrogens is 290 g/mol. The average molecular weight is 315 g/mol. The summed E-state index contributed by atoms with van der Waals surface area (Å²) in [5.41, 5.74) is 2.18. The Kier molecular flexibility index (Phi) is 4.86. The fourth-order valence-corrected chi connectivity index (χ4v) is 2.85. The molecule has 0 atom stereocenters. The van der Waals surface area contributed by atoms with E-state index in [4.69, 9.17) is 9.15 Å². The fraction of sp³-hybridized carbons (Fsp3) is 0.500. The summed E-state index contributed by atoms with van der Waals surface area (Å²) < 4.78 is 11.7. The van der Waals surface area contributed by atoms with Crippen LogP contribution in [0.15, 0.2) is 28.8 Å². The maximum Gasteiger partial charge on any atom is 0.194 e. The molecule has 1 aliphatic rings. The molecule has 2 heterocycles. The molecule has 1 aliphatic heterocycles. The third kappa shape index (κ3) is 3.50. The van der Waals surface area contributed by atoms with Crippen LogP contribution in [0.5, 0.6) is 5.75 Å². The number of aryl methyl sites for hydroxylation is 1. The van der Waals surface area contributed by atoms with Crippen LogP contribution in [0.2, 0.25) is 0 Å². The van der Waals surface area contributed by atoms with Crippen molar-refractivity contribution >= 4 is 5.69 Å². The van der Waals surface area contributed by atoms with Gasteiger partial charge in [0.1, 0.15) is 5.75 Å². The normalized spacial score (nSPS) is 15.9. The molecule has 1 aromatic heterocycles. The zero-order chi connectivity index (χ0) is 16.2. The fourth-order valence-electron chi connectivity index (χ4n) is 2.85. The number of oxazole rings is 1. The summed E-state index contributed by atoms with van der Waals surface area (Å²) in [7, 11) is 2.17. The van der Waals surface area contributed by atoms with Gasteiger partial charge in [0.05, 0.1) is 18.4 Å². The molecular formula is C18H25N3O2. The van der Waals surface area contributed by atoms with Crippen LogP contribution in [0, 0.1) is 0 Å². The summed E-state index contributed by atoms with van der Waals surface area (Å²) in [6.07, 6.45) is 2.58. The van der Waals surface area contributed by atoms with Crippen molar-refractivity contribution in [3.63, 3.8) is 0 Å². The largest absolute Gasteiger partial charge is 0.493 e. The van der Waals surface area contributed by atoms with Crippen LogP contribution in [0.1, 0.15) is 19.7 Å². The number of ether oxygens (including phenoxy) is 1. The second kappa shape index (κ2) is 7.04. The van der Waals surface area contributed by atoms with E-state index in [9.17, 15) is 0 Å². The molecule has 3 rings (SSSR count). The van der Waals surface area contributed by atoms with Crippen molar-refractivity contribution in [2.45, 2.75) is 20.3 Å². The molecule has 2 aromatic rings. The van der Waals surface area contributed by atoms with Crippen LogP contribution >= 0.6 is 0 Å². The van der Waals surface area contributed by atoms with Gasteiger partial charge in [0, 0.05) is 44.4 Å². The number of anilines is 1. The third-order valence-electron chi connectivity index (χ3n) is 4.25. The van der Waals surface area contributed by atoms with E-state index in [1.54, 1.807) is 6.20 Å². The number of hydrogen-bond acceptors (Lipinski definition) is 5. The average Bonchev–Trinajstić information content (AvgIpc) is 3.05. The molecule has 0 spiro atoms. The van der Waals surface area contributed by atoms with E-state index >= 15 is 0 Å². The van der Waals surface area contributed by atoms with Crippen LogP contribution in [0.25, 0.3) is 11.3 Å². The number of aromatic nitrogens is 1. The molecule has 0 bridgehead atoms. The van der Waals surface area contributed by atoms with Gasteiger partial charge in [-0.15, -0.1) is 0 Å². The first-order chi connectivity index (χ1) is 11.2. The van der Waals surface area contributed by atoms with Gasteiger partial charge in [-0.05, 0) is 26.1 Å². The number of likely N-dealkylation sites (N-methyl/N-ethyl adjacent to an activating group) is 1. The van der Waals surface area contributed by atoms with Gasteiger partial charge in [0.15, 0.2) is 11.7 Å². The van der Waals surface area contributed by atoms with Gasteiger partial charge in [-0.2, -0.15) is 0 Å². The lowest BCUT2D eigenvalue weighted by atomic mass is 10.1. The highest BCUT2D eigenvalue weighted by atomic mass is 16.5. The van der Waals surface area contributed by atoms with E-state index in [2.05, 4.69) is 40.0 Å². The van der Waals surface area contributed by atoms with E-state index in [0.29, 0.717) is 6.61 Å². The van der Waals surface area contributed by atoms with Crippen LogP contribution in [0.3, 0.4) is 0 Å². The summed E-state index contributed by atoms with van der Waals surface area (Å²) in [6, 6.07) is 6.36. The van der Waals surface area contributed by atoms with Crippen LogP contribution < -0.4 is 9.64 Å². The van der Waals surface area contributed by atoms with Crippen molar-refractivity contribution in [3.8, 4) is 17.1 Å². The molecule has 0 aliphatic carbocycles. The maximum absolute atomic E-state index is 5.86. The van der Waals surface area contributed by atoms with Gasteiger partial charge in [-0.3, -0.25) is 0 Å². The Labute approximate surface area is 137 Å². The Morgan fingerprint density at radius 1 is 1.17 bits per heavy atom. The summed E-state index contributed by atoms with van der Waals surface area (Å²) in [5, 5.41) is 0. The van der Waals surface area contributed by atoms with Crippen molar-refractivity contribution in [3.05, 3.63) is 30.3 Å². The van der Waals surface area contributed by atoms with Gasteiger partial charge < -0.3 is 19.0 Å². The molecule has 23 heavy (non-hydrogen) atoms. The monoisotopic (exact) mass is 315 g/mol. The molecule has 0 N–H and O–H groups in total. The minimum Gasteiger partial charge on any atom is -0.493 e. The standard InChI is InChI=1S/C18H25N3O2/c1-4-18-19-13-17(23-18)15-7-6-14(12-16(15)22-5-2)21-10-8-20(3)9-11-21/h6-7,12-13H,4-5,8-11H2,1-3H3. The SMILES string of the molecule is CCOc1cc(N2CCN(C)CC2)ccc1-c1cnc(CC)o1. The second-order valence-electron chi connectivity index (χ2n) is 5.88. The van der Waals surface area contributed by atoms with E-state index in [1.165, 1.54) is 5.69 Å². The number of hydrogen-bond donors (Lipinski definition) is 0. The lowest BCUT2D eigenvalue weighted by Gasteiger charge is -2.34. The molecule has 0 unspecified atom stereocenters. The zero-order valence-corrected chi connectivity index (χ0v) is 14.2. The van der Waals surface area contributed by atoms with Gasteiger partial charge in [0.25, 0.3) is 0 Å². The smallest absolute Gasteiger partial charge is 0.194 e. The van der Waals surface area contributed by atoms with Crippen LogP contribution in [-0.4, -0.2) is 49.7 Å². The number of piperazine rings is 1. The Hall–Kier alpha value is -2.01. The van der Waals surface area contributed by atoms with Gasteiger partial charge >= 0.3 is 0 Å². The van der Waals surface area contributed by atoms with Crippen molar-refractivity contribution < 1.29 is 9.15 Å². The highest BCUT2D eigenvalue weighted by Crippen LogP contribution is 2.34. The lowest BCUT2D eigenvalue weighted by Crippen LogP contribution is -2.44. The van der Waals surface area contributed by atoms with Crippen molar-refractivity contribution in [1.29, 1.82) is 0 Å². The van der Waals surface area contributed by atoms with Crippen molar-refractivity contribution in [1.82, 2.24) is 9.88 Å². The van der Waals surface area contributed by atoms with Crippen molar-refractivity contribution in [2.75, 3.05) is 44.7 Å². The highest BCUT2D eigenvalue weighted by Gasteiger charge is 2.17. The summed E-state index contributed by atoms with van der Waals surface area (Å²) in [6.45, 7) is 8.95. The predicted molar refractivity (Wildman–Crippen MR) is 92.2 cm³/mol. The lowest BCUT2D eigenvalue weighted by molar-refractivity contribution is 0.312. The van der Waals surface area contributed by atoms with Crippen LogP contribution in [0.4, 0.5) is 5.69 Å². The molecule has 1 aromatic carbocycles. The van der Waals surface area contributed by atoms with E-state index < -0.39 is 0 Å². The molecule has 0 amide bonds. The third-order valence-corrected chi connectivity index (χ3v) is 4.25. The first-order valence-corrected chi connectivity index (χ1v) is 8.36. The quantitative estimate of drug-likeness (QED) is 0.848. The topological polar surface area (TPSA) is 41.7 Å². The van der Waals surface area contributed by atoms with Crippen LogP contribution in [-0.2, 0) is 6.42 Å². The first kappa shape index (κ1) is 15.9. The summed E-state index contributed by atoms with van der Waals surface area (Å²) in [5.74, 6) is 2.39. The Morgan fingerprint density at radius 2 is 1.96 bits per heavy atom. The molecule has 0 saturated carbocycles. The second-order valence-corrected chi connectivity index (χ2v) is 5.88. The van der Waals surface area contributed by atoms with Crippen molar-refractivity contribution in [2.24, 2.45) is 0 Å². The first-order valence-electron chi connectivity index (χ1n) is 8.36. The Morgan fingerprint density at radius 3 is 2.61 bits per heavy atom. The van der Waals surface area contributed by atoms with Gasteiger partial charge in [0.2, 0.25) is 0 Å². The molecule has 5 heteroatoms. The molecule has 0 radical (unpaired) electrons. The zero-order valence-electron chi connectivity index (χ0n) is 14.2. The Bertz CT molecular complexity index is 645. The highest BCUT2D eigenvalue weighted by molar-refractivity contribution is 5.70. The molecule has 124 valence electrons. The van der Waals surface area contributed by atoms with E-state index in [0.717, 1.165) is 55.6 Å². The number of benzene rings is 1. The molecule has 5 nitrogen and oxygen atoms in total. The van der Waals surface area contributed by atoms with Gasteiger partial charge in [-0.25, -0.2) is 4.98 Å². The minimum atomic E-state index is 0.633. The number of nitrogens with zero attached hydrogens (tertiary/aromatic N) is 3. The predicted octanol–water partition coefficient (Wildman–Crippen LogP) is 3.05. The van der Waals surface area contributed by atoms with E-state index in [-0.39, 0.29) is 0 Å². The van der Waals surface area contributed by atoms with Gasteiger partial charge in [-0.1, -0.05) is 6.92 Å². The maximum atomic E-state index is 5.86. The summed E-state index contributed by atoms with van der Waals surface area (Å²) in [4.78, 5) is 9.06. The number of rotatable bonds is 5. The minimum absolute atomic E-state index is 0.633.